The molecule has 7 rings (SSSR count). The van der Waals surface area contributed by atoms with Crippen LogP contribution in [0.3, 0.4) is 0 Å². The molecule has 2 saturated heterocycles. The molecule has 0 radical (unpaired) electrons. The monoisotopic (exact) mass is 707 g/mol. The van der Waals surface area contributed by atoms with Crippen LogP contribution in [0.1, 0.15) is 60.8 Å². The van der Waals surface area contributed by atoms with Crippen molar-refractivity contribution in [2.45, 2.75) is 71.8 Å². The van der Waals surface area contributed by atoms with Crippen molar-refractivity contribution < 1.29 is 13.9 Å². The number of nitriles is 1. The highest BCUT2D eigenvalue weighted by Crippen LogP contribution is 2.40. The van der Waals surface area contributed by atoms with Gasteiger partial charge in [-0.15, -0.1) is 0 Å². The van der Waals surface area contributed by atoms with Gasteiger partial charge >= 0.3 is 0 Å². The van der Waals surface area contributed by atoms with E-state index in [0.717, 1.165) is 74.5 Å². The van der Waals surface area contributed by atoms with E-state index in [2.05, 4.69) is 61.3 Å². The molecule has 4 aromatic rings. The number of piperidine rings is 1. The van der Waals surface area contributed by atoms with Crippen molar-refractivity contribution in [3.63, 3.8) is 0 Å². The van der Waals surface area contributed by atoms with E-state index in [1.807, 2.05) is 33.0 Å². The van der Waals surface area contributed by atoms with E-state index in [4.69, 9.17) is 9.72 Å². The predicted molar refractivity (Wildman–Crippen MR) is 202 cm³/mol. The first-order chi connectivity index (χ1) is 25.2. The first kappa shape index (κ1) is 35.8. The molecule has 0 spiro atoms. The van der Waals surface area contributed by atoms with Gasteiger partial charge in [-0.1, -0.05) is 6.07 Å². The van der Waals surface area contributed by atoms with Gasteiger partial charge in [-0.2, -0.15) is 5.26 Å². The molecule has 1 amide bonds. The number of ether oxygens (including phenoxy) is 1. The molecule has 2 aromatic carbocycles. The molecule has 0 bridgehead atoms. The van der Waals surface area contributed by atoms with Crippen LogP contribution in [0.4, 0.5) is 21.6 Å². The summed E-state index contributed by atoms with van der Waals surface area (Å²) in [6, 6.07) is 13.7. The number of hydrogen-bond donors (Lipinski definition) is 0. The van der Waals surface area contributed by atoms with Gasteiger partial charge in [0.2, 0.25) is 0 Å². The van der Waals surface area contributed by atoms with Crippen LogP contribution in [-0.2, 0) is 17.8 Å². The van der Waals surface area contributed by atoms with Crippen molar-refractivity contribution in [2.75, 3.05) is 69.3 Å². The number of aryl methyl sites for hydroxylation is 1. The van der Waals surface area contributed by atoms with Gasteiger partial charge in [-0.3, -0.25) is 9.69 Å². The Hall–Kier alpha value is -4.57. The lowest BCUT2D eigenvalue weighted by Crippen LogP contribution is -2.50. The molecule has 0 aliphatic carbocycles. The number of nitrogens with zero attached hydrogens (tertiary/aromatic N) is 9. The second-order valence-electron chi connectivity index (χ2n) is 14.7. The van der Waals surface area contributed by atoms with Gasteiger partial charge in [0, 0.05) is 75.3 Å². The number of likely N-dealkylation sites (tertiary alicyclic amines) is 1. The van der Waals surface area contributed by atoms with Gasteiger partial charge in [0.25, 0.3) is 5.91 Å². The van der Waals surface area contributed by atoms with Gasteiger partial charge in [-0.25, -0.2) is 14.4 Å². The third kappa shape index (κ3) is 6.97. The van der Waals surface area contributed by atoms with E-state index in [-0.39, 0.29) is 18.1 Å². The van der Waals surface area contributed by atoms with Gasteiger partial charge in [-0.05, 0) is 89.0 Å². The summed E-state index contributed by atoms with van der Waals surface area (Å²) in [5.41, 5.74) is 6.15. The molecule has 0 N–H and O–H groups in total. The van der Waals surface area contributed by atoms with Crippen LogP contribution in [0.2, 0.25) is 0 Å². The fraction of sp³-hybridized carbons (Fsp3) is 0.500. The number of aromatic nitrogens is 3. The number of amides is 1. The number of benzene rings is 2. The summed E-state index contributed by atoms with van der Waals surface area (Å²) in [6.07, 6.45) is 5.45. The molecule has 274 valence electrons. The number of hydrogen-bond acceptors (Lipinski definition) is 9. The van der Waals surface area contributed by atoms with Crippen molar-refractivity contribution in [1.29, 1.82) is 5.26 Å². The van der Waals surface area contributed by atoms with Crippen molar-refractivity contribution in [3.05, 3.63) is 77.1 Å². The van der Waals surface area contributed by atoms with Crippen molar-refractivity contribution in [1.82, 2.24) is 29.2 Å². The zero-order valence-corrected chi connectivity index (χ0v) is 31.1. The molecular weight excluding hydrogens is 657 g/mol. The maximum atomic E-state index is 14.6. The topological polar surface area (TPSA) is 97.0 Å². The number of fused-ring (bicyclic) bond motifs is 2. The Morgan fingerprint density at radius 3 is 2.63 bits per heavy atom. The molecule has 2 fully saturated rings. The molecule has 12 heteroatoms. The van der Waals surface area contributed by atoms with E-state index in [9.17, 15) is 14.4 Å². The molecule has 3 aliphatic heterocycles. The van der Waals surface area contributed by atoms with E-state index in [0.29, 0.717) is 49.2 Å². The molecule has 0 saturated carbocycles. The Balaban J connectivity index is 1.05. The van der Waals surface area contributed by atoms with Crippen LogP contribution in [0, 0.1) is 24.1 Å². The molecular formula is C40H50FN9O2. The summed E-state index contributed by atoms with van der Waals surface area (Å²) in [4.78, 5) is 33.9. The smallest absolute Gasteiger partial charge is 0.256 e. The zero-order valence-electron chi connectivity index (χ0n) is 31.1. The lowest BCUT2D eigenvalue weighted by Gasteiger charge is -2.44. The normalized spacial score (nSPS) is 18.9. The standard InChI is InChI=1S/C40H50FN9O2/c1-6-47(27(2)3)40(51)35-19-30(41)8-10-37(35)49-16-15-48(39-38(49)22-43-26-44-39)31-11-13-46(14-12-31)23-29-7-9-36-34(28(29)4)20-32(21-42)50(36)25-33-24-45(5)17-18-52-33/h7-10,19-20,22,26-27,31,33H,6,11-18,23-25H2,1-5H3. The van der Waals surface area contributed by atoms with Crippen LogP contribution >= 0.6 is 0 Å². The fourth-order valence-corrected chi connectivity index (χ4v) is 8.37. The number of rotatable bonds is 9. The minimum absolute atomic E-state index is 0.00796. The van der Waals surface area contributed by atoms with E-state index in [1.165, 1.54) is 23.3 Å². The third-order valence-corrected chi connectivity index (χ3v) is 11.2. The average molecular weight is 708 g/mol. The lowest BCUT2D eigenvalue weighted by atomic mass is 9.99. The van der Waals surface area contributed by atoms with Gasteiger partial charge in [0.05, 0.1) is 36.7 Å². The predicted octanol–water partition coefficient (Wildman–Crippen LogP) is 5.57. The molecule has 5 heterocycles. The minimum atomic E-state index is -0.430. The number of likely N-dealkylation sites (N-methyl/N-ethyl adjacent to an activating group) is 1. The molecule has 11 nitrogen and oxygen atoms in total. The SMILES string of the molecule is CCN(C(=O)c1cc(F)ccc1N1CCN(C2CCN(Cc3ccc4c(cc(C#N)n4CC4CN(C)CCO4)c3C)CC2)c2ncncc21)C(C)C. The highest BCUT2D eigenvalue weighted by atomic mass is 19.1. The number of carbonyl (C=O) groups excluding carboxylic acids is 1. The second kappa shape index (κ2) is 15.2. The number of carbonyl (C=O) groups is 1. The van der Waals surface area contributed by atoms with Crippen LogP contribution in [-0.4, -0.2) is 113 Å². The Labute approximate surface area is 306 Å². The summed E-state index contributed by atoms with van der Waals surface area (Å²) < 4.78 is 22.7. The summed E-state index contributed by atoms with van der Waals surface area (Å²) in [6.45, 7) is 15.9. The van der Waals surface area contributed by atoms with Gasteiger partial charge in [0.15, 0.2) is 5.82 Å². The maximum Gasteiger partial charge on any atom is 0.256 e. The quantitative estimate of drug-likeness (QED) is 0.221. The average Bonchev–Trinajstić information content (AvgIpc) is 3.50. The zero-order chi connectivity index (χ0) is 36.5. The lowest BCUT2D eigenvalue weighted by molar-refractivity contribution is -0.0269. The molecule has 52 heavy (non-hydrogen) atoms. The summed E-state index contributed by atoms with van der Waals surface area (Å²) in [7, 11) is 2.12. The van der Waals surface area contributed by atoms with Crippen LogP contribution in [0.5, 0.6) is 0 Å². The van der Waals surface area contributed by atoms with Crippen LogP contribution < -0.4 is 9.80 Å². The largest absolute Gasteiger partial charge is 0.374 e. The van der Waals surface area contributed by atoms with Crippen LogP contribution in [0.25, 0.3) is 10.9 Å². The Morgan fingerprint density at radius 1 is 1.10 bits per heavy atom. The summed E-state index contributed by atoms with van der Waals surface area (Å²) >= 11 is 0. The number of halogens is 1. The highest BCUT2D eigenvalue weighted by Gasteiger charge is 2.34. The fourth-order valence-electron chi connectivity index (χ4n) is 8.37. The number of anilines is 3. The molecule has 3 aliphatic rings. The minimum Gasteiger partial charge on any atom is -0.374 e. The van der Waals surface area contributed by atoms with E-state index >= 15 is 0 Å². The van der Waals surface area contributed by atoms with Crippen molar-refractivity contribution in [3.8, 4) is 6.07 Å². The molecule has 1 atom stereocenters. The first-order valence-corrected chi connectivity index (χ1v) is 18.7. The molecule has 1 unspecified atom stereocenters. The van der Waals surface area contributed by atoms with Gasteiger partial charge < -0.3 is 28.9 Å². The van der Waals surface area contributed by atoms with Crippen LogP contribution in [0.15, 0.2) is 48.9 Å². The number of morpholine rings is 1. The van der Waals surface area contributed by atoms with Crippen molar-refractivity contribution in [2.24, 2.45) is 0 Å². The Kier molecular flexibility index (Phi) is 10.5. The second-order valence-corrected chi connectivity index (χ2v) is 14.7. The maximum absolute atomic E-state index is 14.6. The highest BCUT2D eigenvalue weighted by molar-refractivity contribution is 6.01. The summed E-state index contributed by atoms with van der Waals surface area (Å²) in [5, 5.41) is 11.1. The Bertz CT molecular complexity index is 1960. The molecule has 2 aromatic heterocycles. The van der Waals surface area contributed by atoms with E-state index in [1.54, 1.807) is 17.3 Å². The third-order valence-electron chi connectivity index (χ3n) is 11.2. The Morgan fingerprint density at radius 2 is 1.90 bits per heavy atom. The first-order valence-electron chi connectivity index (χ1n) is 18.7. The van der Waals surface area contributed by atoms with Crippen molar-refractivity contribution >= 4 is 34.0 Å². The van der Waals surface area contributed by atoms with E-state index < -0.39 is 5.82 Å². The van der Waals surface area contributed by atoms with Gasteiger partial charge in [0.1, 0.15) is 29.6 Å². The summed E-state index contributed by atoms with van der Waals surface area (Å²) in [5.74, 6) is 0.239.